The third-order valence-electron chi connectivity index (χ3n) is 7.01. The third-order valence-corrected chi connectivity index (χ3v) is 7.01. The number of hydrogen-bond donors (Lipinski definition) is 0. The van der Waals surface area contributed by atoms with Crippen LogP contribution in [0.5, 0.6) is 5.75 Å². The van der Waals surface area contributed by atoms with Crippen LogP contribution in [0.25, 0.3) is 0 Å². The second kappa shape index (κ2) is 7.12. The summed E-state index contributed by atoms with van der Waals surface area (Å²) in [6.45, 7) is 3.98. The summed E-state index contributed by atoms with van der Waals surface area (Å²) in [7, 11) is 1.69. The molecular weight excluding hydrogens is 358 g/mol. The van der Waals surface area contributed by atoms with Crippen LogP contribution in [-0.2, 0) is 6.54 Å². The predicted octanol–water partition coefficient (Wildman–Crippen LogP) is 4.04. The van der Waals surface area contributed by atoms with Crippen LogP contribution in [0.15, 0.2) is 42.5 Å². The van der Waals surface area contributed by atoms with Gasteiger partial charge in [-0.05, 0) is 67.2 Å². The number of rotatable bonds is 4. The molecule has 0 N–H and O–H groups in total. The maximum absolute atomic E-state index is 13.7. The molecule has 28 heavy (non-hydrogen) atoms. The van der Waals surface area contributed by atoms with Gasteiger partial charge in [-0.1, -0.05) is 18.2 Å². The molecule has 0 aliphatic carbocycles. The fraction of sp³-hybridized carbons (Fsp3) is 0.478. The van der Waals surface area contributed by atoms with E-state index in [9.17, 15) is 8.78 Å². The zero-order chi connectivity index (χ0) is 19.3. The second-order valence-corrected chi connectivity index (χ2v) is 8.41. The van der Waals surface area contributed by atoms with E-state index in [2.05, 4.69) is 21.9 Å². The Morgan fingerprint density at radius 1 is 0.964 bits per heavy atom. The summed E-state index contributed by atoms with van der Waals surface area (Å²) < 4.78 is 32.4. The van der Waals surface area contributed by atoms with Crippen LogP contribution >= 0.6 is 0 Å². The van der Waals surface area contributed by atoms with Crippen molar-refractivity contribution in [1.29, 1.82) is 0 Å². The molecule has 3 atom stereocenters. The maximum Gasteiger partial charge on any atom is 0.159 e. The van der Waals surface area contributed by atoms with E-state index in [1.165, 1.54) is 43.6 Å². The molecule has 2 aromatic carbocycles. The lowest BCUT2D eigenvalue weighted by molar-refractivity contribution is -0.00871. The fourth-order valence-corrected chi connectivity index (χ4v) is 5.74. The van der Waals surface area contributed by atoms with Gasteiger partial charge in [0.1, 0.15) is 5.75 Å². The zero-order valence-electron chi connectivity index (χ0n) is 16.2. The van der Waals surface area contributed by atoms with Crippen molar-refractivity contribution >= 4 is 0 Å². The van der Waals surface area contributed by atoms with Gasteiger partial charge in [-0.2, -0.15) is 0 Å². The summed E-state index contributed by atoms with van der Waals surface area (Å²) >= 11 is 0. The Labute approximate surface area is 164 Å². The van der Waals surface area contributed by atoms with Crippen LogP contribution in [0.3, 0.4) is 0 Å². The van der Waals surface area contributed by atoms with Crippen molar-refractivity contribution in [2.24, 2.45) is 5.92 Å². The van der Waals surface area contributed by atoms with Gasteiger partial charge in [-0.15, -0.1) is 0 Å². The maximum atomic E-state index is 13.7. The molecule has 4 aliphatic heterocycles. The lowest BCUT2D eigenvalue weighted by Crippen LogP contribution is -2.59. The van der Waals surface area contributed by atoms with E-state index < -0.39 is 11.6 Å². The number of nitrogens with zero attached hydrogens (tertiary/aromatic N) is 2. The molecule has 0 unspecified atom stereocenters. The first kappa shape index (κ1) is 18.1. The van der Waals surface area contributed by atoms with Gasteiger partial charge >= 0.3 is 0 Å². The summed E-state index contributed by atoms with van der Waals surface area (Å²) in [6.07, 6.45) is 2.48. The van der Waals surface area contributed by atoms with Gasteiger partial charge in [0, 0.05) is 31.1 Å². The third kappa shape index (κ3) is 3.01. The largest absolute Gasteiger partial charge is 0.497 e. The van der Waals surface area contributed by atoms with Gasteiger partial charge < -0.3 is 4.74 Å². The Morgan fingerprint density at radius 3 is 2.39 bits per heavy atom. The molecule has 4 heterocycles. The lowest BCUT2D eigenvalue weighted by Gasteiger charge is -2.51. The Kier molecular flexibility index (Phi) is 4.60. The van der Waals surface area contributed by atoms with E-state index in [0.29, 0.717) is 30.5 Å². The molecular formula is C23H26F2N2O. The van der Waals surface area contributed by atoms with E-state index >= 15 is 0 Å². The van der Waals surface area contributed by atoms with Crippen molar-refractivity contribution in [3.63, 3.8) is 0 Å². The van der Waals surface area contributed by atoms with Crippen molar-refractivity contribution < 1.29 is 13.5 Å². The first-order valence-electron chi connectivity index (χ1n) is 10.2. The van der Waals surface area contributed by atoms with Crippen LogP contribution in [-0.4, -0.2) is 48.6 Å². The van der Waals surface area contributed by atoms with E-state index in [0.717, 1.165) is 17.9 Å². The minimum atomic E-state index is -0.776. The first-order chi connectivity index (χ1) is 13.6. The molecule has 3 nitrogen and oxygen atoms in total. The average Bonchev–Trinajstić information content (AvgIpc) is 3.13. The Bertz CT molecular complexity index is 848. The Hall–Kier alpha value is -1.98. The molecule has 4 fully saturated rings. The fourth-order valence-electron chi connectivity index (χ4n) is 5.74. The highest BCUT2D eigenvalue weighted by Crippen LogP contribution is 2.47. The number of hydrogen-bond acceptors (Lipinski definition) is 3. The molecule has 0 radical (unpaired) electrons. The number of ether oxygens (including phenoxy) is 1. The molecule has 0 spiro atoms. The van der Waals surface area contributed by atoms with E-state index in [1.54, 1.807) is 13.2 Å². The molecule has 4 aliphatic rings. The molecule has 2 bridgehead atoms. The SMILES string of the molecule is COc1ccc([C@@H]2CN(Cc3ccc(F)c(F)c3)[C@@H]3C4CCN(CC4)[C@@H]32)cc1. The zero-order valence-corrected chi connectivity index (χ0v) is 16.2. The molecule has 5 heteroatoms. The predicted molar refractivity (Wildman–Crippen MR) is 104 cm³/mol. The van der Waals surface area contributed by atoms with Gasteiger partial charge in [0.15, 0.2) is 11.6 Å². The van der Waals surface area contributed by atoms with Crippen molar-refractivity contribution in [1.82, 2.24) is 9.80 Å². The minimum absolute atomic E-state index is 0.435. The summed E-state index contributed by atoms with van der Waals surface area (Å²) in [5.74, 6) is 0.478. The normalized spacial score (nSPS) is 31.8. The van der Waals surface area contributed by atoms with Gasteiger partial charge in [0.25, 0.3) is 0 Å². The Balaban J connectivity index is 1.45. The summed E-state index contributed by atoms with van der Waals surface area (Å²) in [5, 5.41) is 0. The highest BCUT2D eigenvalue weighted by molar-refractivity contribution is 5.33. The highest BCUT2D eigenvalue weighted by Gasteiger charge is 2.53. The van der Waals surface area contributed by atoms with Crippen molar-refractivity contribution in [2.45, 2.75) is 37.4 Å². The number of methoxy groups -OCH3 is 1. The van der Waals surface area contributed by atoms with Crippen molar-refractivity contribution in [2.75, 3.05) is 26.7 Å². The summed E-state index contributed by atoms with van der Waals surface area (Å²) in [4.78, 5) is 5.17. The molecule has 0 saturated carbocycles. The van der Waals surface area contributed by atoms with Crippen LogP contribution in [0.1, 0.15) is 29.9 Å². The number of fused-ring (bicyclic) bond motifs is 2. The topological polar surface area (TPSA) is 15.7 Å². The van der Waals surface area contributed by atoms with Gasteiger partial charge in [-0.3, -0.25) is 9.80 Å². The molecule has 148 valence electrons. The summed E-state index contributed by atoms with van der Waals surface area (Å²) in [5.41, 5.74) is 2.20. The van der Waals surface area contributed by atoms with Crippen molar-refractivity contribution in [3.8, 4) is 5.75 Å². The van der Waals surface area contributed by atoms with Crippen LogP contribution in [0.4, 0.5) is 8.78 Å². The quantitative estimate of drug-likeness (QED) is 0.791. The van der Waals surface area contributed by atoms with E-state index in [1.807, 2.05) is 12.1 Å². The average molecular weight is 384 g/mol. The summed E-state index contributed by atoms with van der Waals surface area (Å²) in [6, 6.07) is 13.8. The van der Waals surface area contributed by atoms with Gasteiger partial charge in [0.2, 0.25) is 0 Å². The minimum Gasteiger partial charge on any atom is -0.497 e. The number of benzene rings is 2. The number of piperidine rings is 3. The first-order valence-corrected chi connectivity index (χ1v) is 10.2. The monoisotopic (exact) mass is 384 g/mol. The second-order valence-electron chi connectivity index (χ2n) is 8.41. The lowest BCUT2D eigenvalue weighted by atomic mass is 9.75. The Morgan fingerprint density at radius 2 is 1.71 bits per heavy atom. The molecule has 4 saturated heterocycles. The van der Waals surface area contributed by atoms with Crippen LogP contribution in [0.2, 0.25) is 0 Å². The highest BCUT2D eigenvalue weighted by atomic mass is 19.2. The molecule has 6 rings (SSSR count). The smallest absolute Gasteiger partial charge is 0.159 e. The number of halogens is 2. The van der Waals surface area contributed by atoms with E-state index in [-0.39, 0.29) is 0 Å². The van der Waals surface area contributed by atoms with Crippen LogP contribution in [0, 0.1) is 17.6 Å². The van der Waals surface area contributed by atoms with Gasteiger partial charge in [-0.25, -0.2) is 8.78 Å². The molecule has 2 aromatic rings. The standard InChI is InChI=1S/C23H26F2N2O/c1-28-18-5-3-16(4-6-18)19-14-27(13-15-2-7-20(24)21(25)12-15)22-17-8-10-26(11-9-17)23(19)22/h2-7,12,17,19,22-23H,8-11,13-14H2,1H3/t19-,22+,23+/m0/s1. The van der Waals surface area contributed by atoms with Crippen LogP contribution < -0.4 is 4.74 Å². The molecule has 0 aromatic heterocycles. The van der Waals surface area contributed by atoms with E-state index in [4.69, 9.17) is 4.74 Å². The van der Waals surface area contributed by atoms with Gasteiger partial charge in [0.05, 0.1) is 7.11 Å². The number of likely N-dealkylation sites (tertiary alicyclic amines) is 1. The van der Waals surface area contributed by atoms with Crippen molar-refractivity contribution in [3.05, 3.63) is 65.2 Å². The molecule has 0 amide bonds.